The lowest BCUT2D eigenvalue weighted by atomic mass is 9.95. The van der Waals surface area contributed by atoms with E-state index in [0.29, 0.717) is 6.04 Å². The number of nitrogens with zero attached hydrogens (tertiary/aromatic N) is 3. The molecule has 2 heterocycles. The Hall–Kier alpha value is -1.65. The van der Waals surface area contributed by atoms with Gasteiger partial charge in [-0.2, -0.15) is 0 Å². The molecule has 0 spiro atoms. The Balaban J connectivity index is 1.54. The van der Waals surface area contributed by atoms with Gasteiger partial charge in [-0.3, -0.25) is 4.79 Å². The summed E-state index contributed by atoms with van der Waals surface area (Å²) in [7, 11) is 0. The van der Waals surface area contributed by atoms with Gasteiger partial charge in [0.1, 0.15) is 11.6 Å². The summed E-state index contributed by atoms with van der Waals surface area (Å²) in [6.45, 7) is 5.73. The molecular formula is C17H26N4O. The molecular weight excluding hydrogens is 276 g/mol. The topological polar surface area (TPSA) is 58.1 Å². The molecule has 5 heteroatoms. The number of nitrogens with one attached hydrogen (secondary N) is 1. The summed E-state index contributed by atoms with van der Waals surface area (Å²) in [6.07, 6.45) is 6.67. The van der Waals surface area contributed by atoms with E-state index in [1.165, 1.54) is 12.8 Å². The zero-order valence-electron chi connectivity index (χ0n) is 13.6. The first-order chi connectivity index (χ1) is 10.6. The lowest BCUT2D eigenvalue weighted by molar-refractivity contribution is -0.126. The maximum Gasteiger partial charge on any atom is 0.223 e. The van der Waals surface area contributed by atoms with Gasteiger partial charge in [0.2, 0.25) is 5.91 Å². The van der Waals surface area contributed by atoms with Gasteiger partial charge in [0.25, 0.3) is 0 Å². The van der Waals surface area contributed by atoms with E-state index < -0.39 is 0 Å². The van der Waals surface area contributed by atoms with Crippen LogP contribution >= 0.6 is 0 Å². The molecule has 1 N–H and O–H groups in total. The average molecular weight is 302 g/mol. The summed E-state index contributed by atoms with van der Waals surface area (Å²) in [5.74, 6) is 2.25. The predicted octanol–water partition coefficient (Wildman–Crippen LogP) is 2.37. The van der Waals surface area contributed by atoms with Crippen molar-refractivity contribution in [3.63, 3.8) is 0 Å². The molecule has 120 valence electrons. The molecule has 0 radical (unpaired) electrons. The van der Waals surface area contributed by atoms with Crippen molar-refractivity contribution in [1.82, 2.24) is 15.3 Å². The van der Waals surface area contributed by atoms with Crippen molar-refractivity contribution in [1.29, 1.82) is 0 Å². The molecule has 0 unspecified atom stereocenters. The molecule has 1 aromatic rings. The highest BCUT2D eigenvalue weighted by Gasteiger charge is 2.27. The van der Waals surface area contributed by atoms with Gasteiger partial charge in [-0.25, -0.2) is 9.97 Å². The van der Waals surface area contributed by atoms with Crippen LogP contribution in [-0.2, 0) is 4.79 Å². The van der Waals surface area contributed by atoms with Crippen LogP contribution in [0, 0.1) is 19.8 Å². The van der Waals surface area contributed by atoms with Gasteiger partial charge in [-0.05, 0) is 39.5 Å². The molecule has 3 rings (SSSR count). The smallest absolute Gasteiger partial charge is 0.223 e. The van der Waals surface area contributed by atoms with Crippen molar-refractivity contribution in [3.8, 4) is 0 Å². The number of carbonyl (C=O) groups is 1. The molecule has 1 aromatic heterocycles. The van der Waals surface area contributed by atoms with E-state index in [9.17, 15) is 4.79 Å². The Kier molecular flexibility index (Phi) is 4.60. The summed E-state index contributed by atoms with van der Waals surface area (Å²) in [5.41, 5.74) is 1.00. The van der Waals surface area contributed by atoms with Crippen LogP contribution in [0.1, 0.15) is 50.0 Å². The first kappa shape index (κ1) is 15.3. The lowest BCUT2D eigenvalue weighted by Crippen LogP contribution is -2.43. The monoisotopic (exact) mass is 302 g/mol. The summed E-state index contributed by atoms with van der Waals surface area (Å²) >= 11 is 0. The second-order valence-corrected chi connectivity index (χ2v) is 6.67. The molecule has 1 aliphatic carbocycles. The average Bonchev–Trinajstić information content (AvgIpc) is 2.99. The van der Waals surface area contributed by atoms with Crippen molar-refractivity contribution >= 4 is 11.7 Å². The van der Waals surface area contributed by atoms with E-state index in [4.69, 9.17) is 0 Å². The van der Waals surface area contributed by atoms with E-state index in [2.05, 4.69) is 20.2 Å². The lowest BCUT2D eigenvalue weighted by Gasteiger charge is -2.32. The zero-order valence-corrected chi connectivity index (χ0v) is 13.6. The third-order valence-electron chi connectivity index (χ3n) is 4.84. The summed E-state index contributed by atoms with van der Waals surface area (Å²) in [4.78, 5) is 23.5. The molecule has 5 nitrogen and oxygen atoms in total. The SMILES string of the molecule is Cc1cc(N2CCC(C(=O)NC3CCCC3)CC2)nc(C)n1. The Bertz CT molecular complexity index is 511. The minimum atomic E-state index is 0.167. The highest BCUT2D eigenvalue weighted by atomic mass is 16.1. The highest BCUT2D eigenvalue weighted by molar-refractivity contribution is 5.79. The van der Waals surface area contributed by atoms with Crippen molar-refractivity contribution in [2.45, 2.75) is 58.4 Å². The molecule has 1 saturated heterocycles. The Morgan fingerprint density at radius 3 is 2.45 bits per heavy atom. The number of aromatic nitrogens is 2. The molecule has 0 aromatic carbocycles. The van der Waals surface area contributed by atoms with Gasteiger partial charge in [-0.15, -0.1) is 0 Å². The van der Waals surface area contributed by atoms with Crippen LogP contribution in [0.5, 0.6) is 0 Å². The number of carbonyl (C=O) groups excluding carboxylic acids is 1. The maximum absolute atomic E-state index is 12.4. The molecule has 1 amide bonds. The van der Waals surface area contributed by atoms with E-state index in [-0.39, 0.29) is 11.8 Å². The van der Waals surface area contributed by atoms with Crippen LogP contribution in [0.3, 0.4) is 0 Å². The van der Waals surface area contributed by atoms with E-state index in [0.717, 1.165) is 56.1 Å². The van der Waals surface area contributed by atoms with Crippen LogP contribution in [0.25, 0.3) is 0 Å². The summed E-state index contributed by atoms with van der Waals surface area (Å²) < 4.78 is 0. The fourth-order valence-electron chi connectivity index (χ4n) is 3.62. The van der Waals surface area contributed by atoms with E-state index in [1.54, 1.807) is 0 Å². The van der Waals surface area contributed by atoms with E-state index >= 15 is 0 Å². The molecule has 0 atom stereocenters. The second kappa shape index (κ2) is 6.63. The van der Waals surface area contributed by atoms with Gasteiger partial charge in [0, 0.05) is 36.8 Å². The largest absolute Gasteiger partial charge is 0.356 e. The van der Waals surface area contributed by atoms with Crippen molar-refractivity contribution in [3.05, 3.63) is 17.6 Å². The number of hydrogen-bond acceptors (Lipinski definition) is 4. The molecule has 2 aliphatic rings. The van der Waals surface area contributed by atoms with Crippen LogP contribution in [0.4, 0.5) is 5.82 Å². The molecule has 1 saturated carbocycles. The molecule has 0 bridgehead atoms. The van der Waals surface area contributed by atoms with E-state index in [1.807, 2.05) is 19.9 Å². The van der Waals surface area contributed by atoms with Crippen LogP contribution in [-0.4, -0.2) is 35.0 Å². The van der Waals surface area contributed by atoms with Crippen LogP contribution in [0.15, 0.2) is 6.07 Å². The predicted molar refractivity (Wildman–Crippen MR) is 86.8 cm³/mol. The number of piperidine rings is 1. The highest BCUT2D eigenvalue weighted by Crippen LogP contribution is 2.24. The van der Waals surface area contributed by atoms with Crippen molar-refractivity contribution in [2.75, 3.05) is 18.0 Å². The maximum atomic E-state index is 12.4. The Morgan fingerprint density at radius 2 is 1.82 bits per heavy atom. The summed E-state index contributed by atoms with van der Waals surface area (Å²) in [5, 5.41) is 3.24. The number of hydrogen-bond donors (Lipinski definition) is 1. The standard InChI is InChI=1S/C17H26N4O/c1-12-11-16(19-13(2)18-12)21-9-7-14(8-10-21)17(22)20-15-5-3-4-6-15/h11,14-15H,3-10H2,1-2H3,(H,20,22). The van der Waals surface area contributed by atoms with Gasteiger partial charge in [-0.1, -0.05) is 12.8 Å². The number of aryl methyl sites for hydroxylation is 2. The molecule has 22 heavy (non-hydrogen) atoms. The van der Waals surface area contributed by atoms with Gasteiger partial charge < -0.3 is 10.2 Å². The zero-order chi connectivity index (χ0) is 15.5. The second-order valence-electron chi connectivity index (χ2n) is 6.67. The Morgan fingerprint density at radius 1 is 1.14 bits per heavy atom. The fourth-order valence-corrected chi connectivity index (χ4v) is 3.62. The third kappa shape index (κ3) is 3.57. The minimum absolute atomic E-state index is 0.167. The summed E-state index contributed by atoms with van der Waals surface area (Å²) in [6, 6.07) is 2.46. The first-order valence-corrected chi connectivity index (χ1v) is 8.49. The van der Waals surface area contributed by atoms with Gasteiger partial charge in [0.05, 0.1) is 0 Å². The normalized spacial score (nSPS) is 20.4. The quantitative estimate of drug-likeness (QED) is 0.931. The van der Waals surface area contributed by atoms with Crippen LogP contribution in [0.2, 0.25) is 0 Å². The number of amides is 1. The molecule has 2 fully saturated rings. The molecule has 1 aliphatic heterocycles. The Labute approximate surface area is 132 Å². The first-order valence-electron chi connectivity index (χ1n) is 8.49. The third-order valence-corrected chi connectivity index (χ3v) is 4.84. The van der Waals surface area contributed by atoms with Crippen molar-refractivity contribution < 1.29 is 4.79 Å². The van der Waals surface area contributed by atoms with Crippen molar-refractivity contribution in [2.24, 2.45) is 5.92 Å². The number of rotatable bonds is 3. The minimum Gasteiger partial charge on any atom is -0.356 e. The van der Waals surface area contributed by atoms with Crippen LogP contribution < -0.4 is 10.2 Å². The number of anilines is 1. The fraction of sp³-hybridized carbons (Fsp3) is 0.706. The van der Waals surface area contributed by atoms with Gasteiger partial charge in [0.15, 0.2) is 0 Å². The van der Waals surface area contributed by atoms with Gasteiger partial charge >= 0.3 is 0 Å².